The third kappa shape index (κ3) is 8.15. The molecule has 230 valence electrons. The van der Waals surface area contributed by atoms with Crippen LogP contribution in [0.15, 0.2) is 60.0 Å². The van der Waals surface area contributed by atoms with Gasteiger partial charge in [0.05, 0.1) is 5.56 Å². The number of nitrogens with zero attached hydrogens (tertiary/aromatic N) is 4. The molecule has 0 bridgehead atoms. The summed E-state index contributed by atoms with van der Waals surface area (Å²) in [6.45, 7) is 15.4. The number of aromatic hydroxyl groups is 2. The molecular weight excluding hydrogens is 573 g/mol. The first-order valence-corrected chi connectivity index (χ1v) is 17.1. The quantitative estimate of drug-likeness (QED) is 0.235. The average molecular weight is 619 g/mol. The van der Waals surface area contributed by atoms with Crippen LogP contribution >= 0.6 is 23.5 Å². The molecule has 0 saturated carbocycles. The van der Waals surface area contributed by atoms with Crippen molar-refractivity contribution < 1.29 is 10.2 Å². The Morgan fingerprint density at radius 1 is 0.884 bits per heavy atom. The third-order valence-electron chi connectivity index (χ3n) is 7.74. The summed E-state index contributed by atoms with van der Waals surface area (Å²) in [5.74, 6) is 3.49. The molecule has 43 heavy (non-hydrogen) atoms. The van der Waals surface area contributed by atoms with Gasteiger partial charge in [0.25, 0.3) is 0 Å². The van der Waals surface area contributed by atoms with Gasteiger partial charge in [0.15, 0.2) is 5.82 Å². The summed E-state index contributed by atoms with van der Waals surface area (Å²) < 4.78 is 0. The maximum Gasteiger partial charge on any atom is 0.162 e. The summed E-state index contributed by atoms with van der Waals surface area (Å²) in [7, 11) is 1.99. The molecule has 2 heterocycles. The van der Waals surface area contributed by atoms with Crippen molar-refractivity contribution in [2.45, 2.75) is 88.6 Å². The lowest BCUT2D eigenvalue weighted by Crippen LogP contribution is -2.21. The average Bonchev–Trinajstić information content (AvgIpc) is 2.96. The van der Waals surface area contributed by atoms with Crippen LogP contribution in [-0.4, -0.2) is 49.3 Å². The maximum absolute atomic E-state index is 11.4. The van der Waals surface area contributed by atoms with Crippen molar-refractivity contribution in [3.63, 3.8) is 0 Å². The molecule has 0 amide bonds. The second-order valence-electron chi connectivity index (χ2n) is 13.2. The fraction of sp³-hybridized carbons (Fsp3) is 0.457. The van der Waals surface area contributed by atoms with Crippen molar-refractivity contribution in [2.75, 3.05) is 12.8 Å². The van der Waals surface area contributed by atoms with Gasteiger partial charge in [0, 0.05) is 71.1 Å². The predicted octanol–water partition coefficient (Wildman–Crippen LogP) is 8.62. The molecule has 3 aromatic rings. The number of hydrogen-bond acceptors (Lipinski definition) is 8. The second-order valence-corrected chi connectivity index (χ2v) is 15.5. The van der Waals surface area contributed by atoms with Crippen molar-refractivity contribution in [1.82, 2.24) is 14.9 Å². The van der Waals surface area contributed by atoms with Gasteiger partial charge in [0.1, 0.15) is 17.7 Å². The zero-order valence-electron chi connectivity index (χ0n) is 26.8. The van der Waals surface area contributed by atoms with Gasteiger partial charge in [-0.2, -0.15) is 23.5 Å². The molecule has 0 radical (unpaired) electrons. The van der Waals surface area contributed by atoms with Crippen LogP contribution in [0.2, 0.25) is 0 Å². The van der Waals surface area contributed by atoms with Gasteiger partial charge in [0.2, 0.25) is 0 Å². The van der Waals surface area contributed by atoms with E-state index in [0.717, 1.165) is 40.2 Å². The highest BCUT2D eigenvalue weighted by Crippen LogP contribution is 2.41. The summed E-state index contributed by atoms with van der Waals surface area (Å²) in [4.78, 5) is 15.5. The lowest BCUT2D eigenvalue weighted by Gasteiger charge is -2.29. The minimum absolute atomic E-state index is 0.0519. The van der Waals surface area contributed by atoms with Crippen LogP contribution in [0.3, 0.4) is 0 Å². The van der Waals surface area contributed by atoms with E-state index in [1.54, 1.807) is 24.7 Å². The van der Waals surface area contributed by atoms with Crippen LogP contribution in [0.4, 0.5) is 0 Å². The normalized spacial score (nSPS) is 16.1. The minimum Gasteiger partial charge on any atom is -0.507 e. The molecule has 4 rings (SSSR count). The van der Waals surface area contributed by atoms with Crippen molar-refractivity contribution in [1.29, 1.82) is 0 Å². The number of allylic oxidation sites excluding steroid dienone is 1. The Balaban J connectivity index is 1.50. The molecule has 8 heteroatoms. The minimum atomic E-state index is -0.238. The van der Waals surface area contributed by atoms with E-state index < -0.39 is 0 Å². The molecule has 2 N–H and O–H groups in total. The highest BCUT2D eigenvalue weighted by Gasteiger charge is 2.25. The first-order chi connectivity index (χ1) is 20.3. The highest BCUT2D eigenvalue weighted by molar-refractivity contribution is 8.02. The van der Waals surface area contributed by atoms with E-state index in [2.05, 4.69) is 81.6 Å². The number of phenolic OH excluding ortho intramolecular Hbond substituents is 2. The fourth-order valence-corrected chi connectivity index (χ4v) is 7.49. The molecule has 6 nitrogen and oxygen atoms in total. The summed E-state index contributed by atoms with van der Waals surface area (Å²) in [6, 6.07) is 10.2. The number of hydrogen-bond donors (Lipinski definition) is 2. The number of thioether (sulfide) groups is 2. The van der Waals surface area contributed by atoms with Crippen molar-refractivity contribution in [2.24, 2.45) is 4.99 Å². The molecule has 2 aromatic carbocycles. The summed E-state index contributed by atoms with van der Waals surface area (Å²) in [5, 5.41) is 23.1. The first kappa shape index (κ1) is 32.9. The molecule has 0 spiro atoms. The van der Waals surface area contributed by atoms with E-state index in [0.29, 0.717) is 28.1 Å². The number of rotatable bonds is 10. The molecule has 1 aliphatic heterocycles. The van der Waals surface area contributed by atoms with Gasteiger partial charge in [-0.3, -0.25) is 4.99 Å². The molecule has 1 aromatic heterocycles. The summed E-state index contributed by atoms with van der Waals surface area (Å²) in [5.41, 5.74) is 5.61. The Morgan fingerprint density at radius 3 is 2.12 bits per heavy atom. The van der Waals surface area contributed by atoms with Gasteiger partial charge in [-0.15, -0.1) is 0 Å². The Hall–Kier alpha value is -2.97. The molecular formula is C35H46N4O2S2. The largest absolute Gasteiger partial charge is 0.507 e. The lowest BCUT2D eigenvalue weighted by atomic mass is 9.84. The van der Waals surface area contributed by atoms with E-state index in [4.69, 9.17) is 0 Å². The van der Waals surface area contributed by atoms with Crippen LogP contribution < -0.4 is 0 Å². The second kappa shape index (κ2) is 13.8. The summed E-state index contributed by atoms with van der Waals surface area (Å²) in [6.07, 6.45) is 9.89. The number of benzene rings is 2. The fourth-order valence-electron chi connectivity index (χ4n) is 4.89. The highest BCUT2D eigenvalue weighted by atomic mass is 32.2. The van der Waals surface area contributed by atoms with Crippen LogP contribution in [0.1, 0.15) is 88.9 Å². The SMILES string of the molecule is CCC(CSCc1cc(C(C)(C)C)cc(C2N=CC=CN2C)c1O)SCc1cc(C(C)(C)C)cc(-c2ncccn2)c1O. The third-order valence-corrected chi connectivity index (χ3v) is 10.5. The van der Waals surface area contributed by atoms with E-state index in [1.165, 1.54) is 5.56 Å². The van der Waals surface area contributed by atoms with Crippen LogP contribution in [0.25, 0.3) is 11.4 Å². The van der Waals surface area contributed by atoms with E-state index in [9.17, 15) is 10.2 Å². The van der Waals surface area contributed by atoms with Gasteiger partial charge >= 0.3 is 0 Å². The monoisotopic (exact) mass is 618 g/mol. The molecule has 0 aliphatic carbocycles. The Morgan fingerprint density at radius 2 is 1.51 bits per heavy atom. The van der Waals surface area contributed by atoms with Gasteiger partial charge in [-0.05, 0) is 52.7 Å². The van der Waals surface area contributed by atoms with Crippen LogP contribution in [-0.2, 0) is 22.3 Å². The van der Waals surface area contributed by atoms with Crippen LogP contribution in [0, 0.1) is 0 Å². The first-order valence-electron chi connectivity index (χ1n) is 14.9. The summed E-state index contributed by atoms with van der Waals surface area (Å²) >= 11 is 3.71. The lowest BCUT2D eigenvalue weighted by molar-refractivity contribution is 0.331. The van der Waals surface area contributed by atoms with Crippen LogP contribution in [0.5, 0.6) is 11.5 Å². The van der Waals surface area contributed by atoms with Crippen molar-refractivity contribution in [3.05, 3.63) is 82.8 Å². The molecule has 2 atom stereocenters. The van der Waals surface area contributed by atoms with E-state index in [1.807, 2.05) is 53.8 Å². The smallest absolute Gasteiger partial charge is 0.162 e. The Labute approximate surface area is 266 Å². The Kier molecular flexibility index (Phi) is 10.5. The topological polar surface area (TPSA) is 81.8 Å². The number of phenols is 2. The van der Waals surface area contributed by atoms with Crippen molar-refractivity contribution in [3.8, 4) is 22.9 Å². The number of aliphatic imine (C=N–C) groups is 1. The standard InChI is InChI=1S/C35H46N4O2S2/c1-9-27(43-21-24-17-25(34(2,3)4)18-28(30(24)40)32-36-12-10-13-37-32)22-42-20-23-16-26(35(5,6)7)19-29(31(23)41)33-38-14-11-15-39(33)8/h10-19,27,33,40-41H,9,20-22H2,1-8H3. The number of aromatic nitrogens is 2. The molecule has 0 saturated heterocycles. The maximum atomic E-state index is 11.4. The predicted molar refractivity (Wildman–Crippen MR) is 184 cm³/mol. The van der Waals surface area contributed by atoms with Gasteiger partial charge in [-0.1, -0.05) is 60.6 Å². The van der Waals surface area contributed by atoms with Crippen molar-refractivity contribution >= 4 is 29.7 Å². The van der Waals surface area contributed by atoms with Gasteiger partial charge < -0.3 is 15.1 Å². The zero-order chi connectivity index (χ0) is 31.4. The Bertz CT molecular complexity index is 1460. The van der Waals surface area contributed by atoms with Gasteiger partial charge in [-0.25, -0.2) is 9.97 Å². The zero-order valence-corrected chi connectivity index (χ0v) is 28.4. The van der Waals surface area contributed by atoms with E-state index in [-0.39, 0.29) is 22.7 Å². The van der Waals surface area contributed by atoms with E-state index >= 15 is 0 Å². The molecule has 1 aliphatic rings. The molecule has 2 unspecified atom stereocenters. The molecule has 0 fully saturated rings.